The molecule has 7 atom stereocenters. The number of unbranched alkanes of at least 4 members (excludes halogenated alkanes) is 2. The fourth-order valence-corrected chi connectivity index (χ4v) is 9.38. The molecule has 2 aliphatic heterocycles. The highest BCUT2D eigenvalue weighted by molar-refractivity contribution is 5.96. The Hall–Kier alpha value is -3.23. The van der Waals surface area contributed by atoms with Crippen molar-refractivity contribution in [1.29, 1.82) is 0 Å². The second-order valence-corrected chi connectivity index (χ2v) is 14.4. The van der Waals surface area contributed by atoms with Crippen LogP contribution < -0.4 is 9.47 Å². The average Bonchev–Trinajstić information content (AvgIpc) is 3.63. The third-order valence-corrected chi connectivity index (χ3v) is 11.6. The lowest BCUT2D eigenvalue weighted by molar-refractivity contribution is -0.143. The molecule has 3 fully saturated rings. The summed E-state index contributed by atoms with van der Waals surface area (Å²) < 4.78 is 12.7. The van der Waals surface area contributed by atoms with E-state index in [0.29, 0.717) is 61.6 Å². The monoisotopic (exact) mass is 628 g/mol. The number of ketones is 1. The number of Topliss-reactive ketones (excluding diaryl/α,β-unsaturated/α-hetero) is 1. The van der Waals surface area contributed by atoms with Gasteiger partial charge in [-0.15, -0.1) is 0 Å². The Balaban J connectivity index is 1.14. The summed E-state index contributed by atoms with van der Waals surface area (Å²) in [6.07, 6.45) is 8.42. The van der Waals surface area contributed by atoms with Crippen LogP contribution in [0.2, 0.25) is 0 Å². The SMILES string of the molecule is CCCCN(C(=O)CCCCC(=O)c1ccccc1)[C@H]1CC[C@H]2[C@H]3Cc4ccc(OC(C)=O)c5c4[C@@]2(CCN3CC2CC2O)[C@H]1O5. The highest BCUT2D eigenvalue weighted by Crippen LogP contribution is 2.64. The standard InChI is InChI=1S/C38H48N2O6/c1-3-4-19-40(34(44)13-9-8-12-31(42)25-10-6-5-7-11-25)29-16-15-28-30-21-26-14-17-33(45-24(2)41)36-35(26)38(28,37(29)46-36)18-20-39(30)23-27-22-32(27)43/h5-7,10-11,14,17,27-30,32,37,43H,3-4,8-9,12-13,15-16,18-23H2,1-2H3/t27?,28-,29-,30+,32?,37-,38-/m0/s1. The summed E-state index contributed by atoms with van der Waals surface area (Å²) in [7, 11) is 0. The van der Waals surface area contributed by atoms with Crippen LogP contribution >= 0.6 is 0 Å². The van der Waals surface area contributed by atoms with Crippen LogP contribution in [0.25, 0.3) is 0 Å². The van der Waals surface area contributed by atoms with Crippen molar-refractivity contribution in [3.05, 3.63) is 59.2 Å². The first-order chi connectivity index (χ1) is 22.3. The van der Waals surface area contributed by atoms with Gasteiger partial charge < -0.3 is 19.5 Å². The normalized spacial score (nSPS) is 30.2. The molecule has 1 amide bonds. The van der Waals surface area contributed by atoms with E-state index in [4.69, 9.17) is 9.47 Å². The first-order valence-electron chi connectivity index (χ1n) is 17.6. The van der Waals surface area contributed by atoms with Gasteiger partial charge in [0.25, 0.3) is 0 Å². The first-order valence-corrected chi connectivity index (χ1v) is 17.6. The smallest absolute Gasteiger partial charge is 0.308 e. The number of esters is 1. The largest absolute Gasteiger partial charge is 0.483 e. The van der Waals surface area contributed by atoms with Crippen LogP contribution in [0.5, 0.6) is 11.5 Å². The molecule has 2 aromatic carbocycles. The molecule has 8 heteroatoms. The molecule has 3 aliphatic carbocycles. The Morgan fingerprint density at radius 3 is 2.59 bits per heavy atom. The van der Waals surface area contributed by atoms with Gasteiger partial charge in [0, 0.05) is 61.4 Å². The number of amides is 1. The van der Waals surface area contributed by atoms with E-state index in [2.05, 4.69) is 22.8 Å². The van der Waals surface area contributed by atoms with Crippen molar-refractivity contribution in [2.24, 2.45) is 11.8 Å². The summed E-state index contributed by atoms with van der Waals surface area (Å²) in [5, 5.41) is 10.2. The third kappa shape index (κ3) is 5.55. The number of carbonyl (C=O) groups excluding carboxylic acids is 3. The minimum atomic E-state index is -0.364. The summed E-state index contributed by atoms with van der Waals surface area (Å²) in [6, 6.07) is 13.7. The maximum Gasteiger partial charge on any atom is 0.308 e. The molecule has 2 aromatic rings. The maximum atomic E-state index is 14.1. The number of aliphatic hydroxyl groups excluding tert-OH is 1. The molecule has 2 saturated carbocycles. The predicted octanol–water partition coefficient (Wildman–Crippen LogP) is 5.47. The van der Waals surface area contributed by atoms with Crippen molar-refractivity contribution >= 4 is 17.7 Å². The number of hydrogen-bond donors (Lipinski definition) is 1. The lowest BCUT2D eigenvalue weighted by atomic mass is 9.51. The van der Waals surface area contributed by atoms with E-state index in [9.17, 15) is 19.5 Å². The number of hydrogen-bond acceptors (Lipinski definition) is 7. The van der Waals surface area contributed by atoms with E-state index in [1.54, 1.807) is 0 Å². The number of carbonyl (C=O) groups is 3. The molecule has 5 aliphatic rings. The molecule has 1 spiro atoms. The molecule has 7 rings (SSSR count). The number of piperidine rings is 1. The zero-order valence-corrected chi connectivity index (χ0v) is 27.3. The number of benzene rings is 2. The van der Waals surface area contributed by atoms with Gasteiger partial charge in [0.2, 0.25) is 5.91 Å². The van der Waals surface area contributed by atoms with Gasteiger partial charge in [-0.2, -0.15) is 0 Å². The topological polar surface area (TPSA) is 96.4 Å². The van der Waals surface area contributed by atoms with Crippen LogP contribution in [0.15, 0.2) is 42.5 Å². The van der Waals surface area contributed by atoms with Gasteiger partial charge in [0.1, 0.15) is 6.10 Å². The molecule has 246 valence electrons. The molecule has 1 saturated heterocycles. The number of ether oxygens (including phenoxy) is 2. The Bertz CT molecular complexity index is 1480. The number of rotatable bonds is 13. The van der Waals surface area contributed by atoms with Gasteiger partial charge >= 0.3 is 5.97 Å². The van der Waals surface area contributed by atoms with Crippen LogP contribution in [-0.4, -0.2) is 76.5 Å². The van der Waals surface area contributed by atoms with Crippen molar-refractivity contribution in [3.8, 4) is 11.5 Å². The van der Waals surface area contributed by atoms with Crippen molar-refractivity contribution < 1.29 is 29.0 Å². The van der Waals surface area contributed by atoms with E-state index in [-0.39, 0.29) is 41.3 Å². The Morgan fingerprint density at radius 1 is 1.07 bits per heavy atom. The molecule has 0 radical (unpaired) electrons. The fraction of sp³-hybridized carbons (Fsp3) is 0.605. The van der Waals surface area contributed by atoms with E-state index in [1.165, 1.54) is 18.1 Å². The molecule has 1 N–H and O–H groups in total. The molecule has 2 heterocycles. The molecule has 0 aromatic heterocycles. The first kappa shape index (κ1) is 31.4. The number of aliphatic hydroxyl groups is 1. The van der Waals surface area contributed by atoms with Crippen molar-refractivity contribution in [2.75, 3.05) is 19.6 Å². The average molecular weight is 629 g/mol. The van der Waals surface area contributed by atoms with Crippen LogP contribution in [-0.2, 0) is 21.4 Å². The second-order valence-electron chi connectivity index (χ2n) is 14.4. The van der Waals surface area contributed by atoms with E-state index in [0.717, 1.165) is 63.6 Å². The minimum absolute atomic E-state index is 0.0674. The molecule has 46 heavy (non-hydrogen) atoms. The molecule has 2 unspecified atom stereocenters. The zero-order chi connectivity index (χ0) is 32.0. The summed E-state index contributed by atoms with van der Waals surface area (Å²) in [4.78, 5) is 43.6. The van der Waals surface area contributed by atoms with Crippen LogP contribution in [0.3, 0.4) is 0 Å². The second kappa shape index (κ2) is 12.8. The lowest BCUT2D eigenvalue weighted by Crippen LogP contribution is -2.69. The zero-order valence-electron chi connectivity index (χ0n) is 27.3. The summed E-state index contributed by atoms with van der Waals surface area (Å²) in [5.41, 5.74) is 2.98. The van der Waals surface area contributed by atoms with Crippen LogP contribution in [0.1, 0.15) is 99.5 Å². The van der Waals surface area contributed by atoms with Crippen LogP contribution in [0.4, 0.5) is 0 Å². The van der Waals surface area contributed by atoms with Crippen molar-refractivity contribution in [1.82, 2.24) is 9.80 Å². The highest BCUT2D eigenvalue weighted by Gasteiger charge is 2.67. The van der Waals surface area contributed by atoms with Gasteiger partial charge in [-0.25, -0.2) is 0 Å². The van der Waals surface area contributed by atoms with Gasteiger partial charge in [-0.1, -0.05) is 49.7 Å². The third-order valence-electron chi connectivity index (χ3n) is 11.6. The number of likely N-dealkylation sites (tertiary alicyclic amines) is 1. The molecule has 2 bridgehead atoms. The van der Waals surface area contributed by atoms with Gasteiger partial charge in [0.15, 0.2) is 17.3 Å². The Kier molecular flexibility index (Phi) is 8.70. The van der Waals surface area contributed by atoms with E-state index >= 15 is 0 Å². The maximum absolute atomic E-state index is 14.1. The predicted molar refractivity (Wildman–Crippen MR) is 174 cm³/mol. The van der Waals surface area contributed by atoms with Crippen molar-refractivity contribution in [3.63, 3.8) is 0 Å². The molecular weight excluding hydrogens is 580 g/mol. The summed E-state index contributed by atoms with van der Waals surface area (Å²) >= 11 is 0. The lowest BCUT2D eigenvalue weighted by Gasteiger charge is -2.60. The quantitative estimate of drug-likeness (QED) is 0.136. The van der Waals surface area contributed by atoms with Gasteiger partial charge in [-0.3, -0.25) is 19.3 Å². The van der Waals surface area contributed by atoms with Crippen molar-refractivity contribution in [2.45, 2.75) is 114 Å². The molecular formula is C38H48N2O6. The van der Waals surface area contributed by atoms with Gasteiger partial charge in [0.05, 0.1) is 12.1 Å². The van der Waals surface area contributed by atoms with Gasteiger partial charge in [-0.05, 0) is 75.5 Å². The summed E-state index contributed by atoms with van der Waals surface area (Å²) in [6.45, 7) is 6.16. The van der Waals surface area contributed by atoms with E-state index < -0.39 is 0 Å². The van der Waals surface area contributed by atoms with E-state index in [1.807, 2.05) is 36.4 Å². The number of nitrogens with zero attached hydrogens (tertiary/aromatic N) is 2. The van der Waals surface area contributed by atoms with Crippen LogP contribution in [0, 0.1) is 11.8 Å². The highest BCUT2D eigenvalue weighted by atomic mass is 16.6. The Labute approximate surface area is 272 Å². The Morgan fingerprint density at radius 2 is 1.85 bits per heavy atom. The summed E-state index contributed by atoms with van der Waals surface area (Å²) in [5.74, 6) is 1.86. The fourth-order valence-electron chi connectivity index (χ4n) is 9.38. The molecule has 8 nitrogen and oxygen atoms in total. The minimum Gasteiger partial charge on any atom is -0.483 e.